The first-order valence-electron chi connectivity index (χ1n) is 11.8. The Morgan fingerprint density at radius 3 is 2.97 bits per heavy atom. The van der Waals surface area contributed by atoms with Crippen molar-refractivity contribution in [2.75, 3.05) is 44.8 Å². The van der Waals surface area contributed by atoms with Crippen molar-refractivity contribution in [3.63, 3.8) is 0 Å². The average molecular weight is 496 g/mol. The van der Waals surface area contributed by atoms with Crippen molar-refractivity contribution in [3.8, 4) is 11.4 Å². The van der Waals surface area contributed by atoms with Gasteiger partial charge in [0.15, 0.2) is 11.6 Å². The van der Waals surface area contributed by atoms with Crippen molar-refractivity contribution < 1.29 is 14.7 Å². The van der Waals surface area contributed by atoms with Crippen LogP contribution in [0.1, 0.15) is 24.1 Å². The fourth-order valence-corrected chi connectivity index (χ4v) is 5.58. The molecular formula is C24H29N7O3S. The zero-order chi connectivity index (χ0) is 24.2. The highest BCUT2D eigenvalue weighted by Gasteiger charge is 2.21. The van der Waals surface area contributed by atoms with E-state index in [1.54, 1.807) is 16.8 Å². The smallest absolute Gasteiger partial charge is 0.243 e. The molecule has 0 spiro atoms. The molecular weight excluding hydrogens is 466 g/mol. The van der Waals surface area contributed by atoms with Gasteiger partial charge in [0, 0.05) is 41.9 Å². The van der Waals surface area contributed by atoms with Crippen LogP contribution < -0.4 is 10.4 Å². The van der Waals surface area contributed by atoms with Gasteiger partial charge in [-0.05, 0) is 38.6 Å². The molecule has 0 unspecified atom stereocenters. The van der Waals surface area contributed by atoms with Crippen LogP contribution in [0.3, 0.4) is 0 Å². The van der Waals surface area contributed by atoms with E-state index in [0.717, 1.165) is 71.5 Å². The predicted molar refractivity (Wildman–Crippen MR) is 136 cm³/mol. The summed E-state index contributed by atoms with van der Waals surface area (Å²) in [6, 6.07) is 8.21. The van der Waals surface area contributed by atoms with Crippen molar-refractivity contribution in [1.82, 2.24) is 30.5 Å². The lowest BCUT2D eigenvalue weighted by atomic mass is 10.1. The molecule has 184 valence electrons. The van der Waals surface area contributed by atoms with Gasteiger partial charge in [-0.15, -0.1) is 11.3 Å². The Morgan fingerprint density at radius 1 is 1.29 bits per heavy atom. The van der Waals surface area contributed by atoms with Crippen molar-refractivity contribution in [2.24, 2.45) is 0 Å². The maximum absolute atomic E-state index is 11.2. The minimum absolute atomic E-state index is 0.331. The largest absolute Gasteiger partial charge is 0.378 e. The summed E-state index contributed by atoms with van der Waals surface area (Å²) in [6.45, 7) is 4.64. The molecule has 11 heteroatoms. The number of ether oxygens (including phenoxy) is 1. The molecule has 1 amide bonds. The number of hydrogen-bond donors (Lipinski definition) is 3. The first kappa shape index (κ1) is 23.6. The van der Waals surface area contributed by atoms with E-state index >= 15 is 0 Å². The topological polar surface area (TPSA) is 120 Å². The Morgan fingerprint density at radius 2 is 2.14 bits per heavy atom. The summed E-state index contributed by atoms with van der Waals surface area (Å²) in [5.74, 6) is 1.32. The normalized spacial score (nSPS) is 14.3. The number of anilines is 1. The minimum Gasteiger partial charge on any atom is -0.378 e. The summed E-state index contributed by atoms with van der Waals surface area (Å²) < 4.78 is 6.68. The molecule has 4 heterocycles. The summed E-state index contributed by atoms with van der Waals surface area (Å²) >= 11 is 1.74. The van der Waals surface area contributed by atoms with Gasteiger partial charge in [-0.1, -0.05) is 12.1 Å². The highest BCUT2D eigenvalue weighted by atomic mass is 32.1. The number of hydroxylamine groups is 1. The van der Waals surface area contributed by atoms with Crippen LogP contribution in [0, 0.1) is 0 Å². The Bertz CT molecular complexity index is 1320. The van der Waals surface area contributed by atoms with Crippen LogP contribution in [0.25, 0.3) is 32.5 Å². The molecule has 0 aliphatic carbocycles. The van der Waals surface area contributed by atoms with Crippen LogP contribution in [-0.4, -0.2) is 76.1 Å². The summed E-state index contributed by atoms with van der Waals surface area (Å²) in [6.07, 6.45) is 3.77. The van der Waals surface area contributed by atoms with Gasteiger partial charge >= 0.3 is 0 Å². The molecule has 0 radical (unpaired) electrons. The fourth-order valence-electron chi connectivity index (χ4n) is 4.38. The van der Waals surface area contributed by atoms with E-state index < -0.39 is 0 Å². The molecule has 1 aliphatic heterocycles. The summed E-state index contributed by atoms with van der Waals surface area (Å²) in [5.41, 5.74) is 4.56. The number of morpholine rings is 1. The number of aromatic nitrogens is 4. The van der Waals surface area contributed by atoms with E-state index in [4.69, 9.17) is 19.9 Å². The number of nitrogens with one attached hydrogen (secondary N) is 2. The van der Waals surface area contributed by atoms with Crippen LogP contribution in [0.5, 0.6) is 0 Å². The first-order chi connectivity index (χ1) is 17.1. The second-order valence-corrected chi connectivity index (χ2v) is 9.90. The molecule has 5 rings (SSSR count). The molecule has 1 aromatic carbocycles. The van der Waals surface area contributed by atoms with Gasteiger partial charge < -0.3 is 14.5 Å². The molecule has 35 heavy (non-hydrogen) atoms. The zero-order valence-corrected chi connectivity index (χ0v) is 20.5. The Hall–Kier alpha value is -3.12. The second-order valence-electron chi connectivity index (χ2n) is 8.76. The molecule has 0 saturated carbocycles. The number of nitrogens with zero attached hydrogens (tertiary/aromatic N) is 5. The monoisotopic (exact) mass is 495 g/mol. The van der Waals surface area contributed by atoms with Crippen LogP contribution in [0.4, 0.5) is 5.82 Å². The van der Waals surface area contributed by atoms with Gasteiger partial charge in [-0.2, -0.15) is 5.10 Å². The number of amides is 1. The summed E-state index contributed by atoms with van der Waals surface area (Å²) in [5, 5.41) is 16.9. The van der Waals surface area contributed by atoms with Crippen LogP contribution >= 0.6 is 11.3 Å². The number of carbonyl (C=O) groups is 1. The highest BCUT2D eigenvalue weighted by molar-refractivity contribution is 7.19. The van der Waals surface area contributed by atoms with Gasteiger partial charge in [-0.3, -0.25) is 15.1 Å². The minimum atomic E-state index is -0.340. The number of rotatable bonds is 9. The molecule has 1 fully saturated rings. The van der Waals surface area contributed by atoms with E-state index in [1.165, 1.54) is 4.88 Å². The van der Waals surface area contributed by atoms with Crippen LogP contribution in [0.15, 0.2) is 30.5 Å². The zero-order valence-electron chi connectivity index (χ0n) is 19.7. The Labute approximate surface area is 206 Å². The fraction of sp³-hybridized carbons (Fsp3) is 0.417. The van der Waals surface area contributed by atoms with E-state index in [-0.39, 0.29) is 5.91 Å². The second kappa shape index (κ2) is 10.6. The number of H-pyrrole nitrogens is 1. The van der Waals surface area contributed by atoms with E-state index in [9.17, 15) is 4.79 Å². The van der Waals surface area contributed by atoms with Crippen LogP contribution in [-0.2, 0) is 16.1 Å². The lowest BCUT2D eigenvalue weighted by Gasteiger charge is -2.28. The SMILES string of the molecule is CN(CCCCC(=O)NO)Cc1cc2nc(-c3cccc4[nH]ncc34)nc(N3CCOCC3)c2s1. The summed E-state index contributed by atoms with van der Waals surface area (Å²) in [4.78, 5) is 27.0. The molecule has 1 aliphatic rings. The molecule has 3 aromatic heterocycles. The van der Waals surface area contributed by atoms with Crippen LogP contribution in [0.2, 0.25) is 0 Å². The Balaban J connectivity index is 1.43. The van der Waals surface area contributed by atoms with Gasteiger partial charge in [-0.25, -0.2) is 15.4 Å². The molecule has 10 nitrogen and oxygen atoms in total. The lowest BCUT2D eigenvalue weighted by molar-refractivity contribution is -0.129. The maximum Gasteiger partial charge on any atom is 0.243 e. The van der Waals surface area contributed by atoms with E-state index in [0.29, 0.717) is 25.5 Å². The average Bonchev–Trinajstić information content (AvgIpc) is 3.52. The number of unbranched alkanes of at least 4 members (excludes halogenated alkanes) is 1. The molecule has 1 saturated heterocycles. The Kier molecular flexibility index (Phi) is 7.19. The van der Waals surface area contributed by atoms with E-state index in [2.05, 4.69) is 33.1 Å². The number of thiophene rings is 1. The van der Waals surface area contributed by atoms with Gasteiger partial charge in [0.2, 0.25) is 5.91 Å². The van der Waals surface area contributed by atoms with Gasteiger partial charge in [0.25, 0.3) is 0 Å². The number of carbonyl (C=O) groups excluding carboxylic acids is 1. The third kappa shape index (κ3) is 5.27. The maximum atomic E-state index is 11.2. The number of benzene rings is 1. The van der Waals surface area contributed by atoms with E-state index in [1.807, 2.05) is 24.4 Å². The predicted octanol–water partition coefficient (Wildman–Crippen LogP) is 3.18. The molecule has 3 N–H and O–H groups in total. The van der Waals surface area contributed by atoms with Crippen molar-refractivity contribution >= 4 is 44.2 Å². The molecule has 0 bridgehead atoms. The van der Waals surface area contributed by atoms with Crippen molar-refractivity contribution in [3.05, 3.63) is 35.3 Å². The summed E-state index contributed by atoms with van der Waals surface area (Å²) in [7, 11) is 2.08. The van der Waals surface area contributed by atoms with Gasteiger partial charge in [0.05, 0.1) is 35.1 Å². The number of hydrogen-bond acceptors (Lipinski definition) is 9. The molecule has 0 atom stereocenters. The third-order valence-corrected chi connectivity index (χ3v) is 7.29. The number of fused-ring (bicyclic) bond motifs is 2. The van der Waals surface area contributed by atoms with Gasteiger partial charge in [0.1, 0.15) is 0 Å². The standard InChI is InChI=1S/C24H29N7O3S/c1-30(8-3-2-7-21(32)29-33)15-16-13-20-22(35-16)24(31-9-11-34-12-10-31)27-23(26-20)17-5-4-6-19-18(17)14-25-28-19/h4-6,13-14,33H,2-3,7-12,15H2,1H3,(H,25,28)(H,29,32). The molecule has 4 aromatic rings. The first-order valence-corrected chi connectivity index (χ1v) is 12.6. The third-order valence-electron chi connectivity index (χ3n) is 6.19. The van der Waals surface area contributed by atoms with Crippen molar-refractivity contribution in [2.45, 2.75) is 25.8 Å². The van der Waals surface area contributed by atoms with Crippen molar-refractivity contribution in [1.29, 1.82) is 0 Å². The quantitative estimate of drug-likeness (QED) is 0.184. The number of aromatic amines is 1. The lowest BCUT2D eigenvalue weighted by Crippen LogP contribution is -2.36. The highest BCUT2D eigenvalue weighted by Crippen LogP contribution is 2.36.